The number of nitrogen functional groups attached to an aromatic ring is 1. The number of aliphatic hydroxyl groups is 1. The van der Waals surface area contributed by atoms with Gasteiger partial charge in [0.05, 0.1) is 12.2 Å². The minimum Gasteiger partial charge on any atom is -0.398 e. The van der Waals surface area contributed by atoms with E-state index in [9.17, 15) is 13.2 Å². The highest BCUT2D eigenvalue weighted by molar-refractivity contribution is 8.00. The highest BCUT2D eigenvalue weighted by Gasteiger charge is 2.30. The van der Waals surface area contributed by atoms with Crippen LogP contribution < -0.4 is 5.73 Å². The molecule has 0 heterocycles. The van der Waals surface area contributed by atoms with Crippen LogP contribution in [0.2, 0.25) is 0 Å². The fraction of sp³-hybridized carbons (Fsp3) is 0.400. The molecule has 0 spiro atoms. The summed E-state index contributed by atoms with van der Waals surface area (Å²) in [6.45, 7) is 1.72. The van der Waals surface area contributed by atoms with Crippen molar-refractivity contribution >= 4 is 17.4 Å². The minimum atomic E-state index is -4.38. The van der Waals surface area contributed by atoms with Gasteiger partial charge in [-0.3, -0.25) is 0 Å². The van der Waals surface area contributed by atoms with Crippen LogP contribution in [0.1, 0.15) is 12.5 Å². The molecule has 1 rings (SSSR count). The summed E-state index contributed by atoms with van der Waals surface area (Å²) in [7, 11) is 0. The first-order valence-corrected chi connectivity index (χ1v) is 5.46. The largest absolute Gasteiger partial charge is 0.416 e. The van der Waals surface area contributed by atoms with Crippen molar-refractivity contribution in [1.29, 1.82) is 0 Å². The van der Waals surface area contributed by atoms with Crippen molar-refractivity contribution in [1.82, 2.24) is 0 Å². The molecule has 0 aliphatic heterocycles. The number of hydrogen-bond acceptors (Lipinski definition) is 3. The van der Waals surface area contributed by atoms with Crippen molar-refractivity contribution in [3.8, 4) is 0 Å². The summed E-state index contributed by atoms with van der Waals surface area (Å²) >= 11 is 1.25. The van der Waals surface area contributed by atoms with E-state index in [0.29, 0.717) is 4.90 Å². The number of alkyl halides is 3. The highest BCUT2D eigenvalue weighted by Crippen LogP contribution is 2.35. The third kappa shape index (κ3) is 3.31. The summed E-state index contributed by atoms with van der Waals surface area (Å²) in [4.78, 5) is 0.551. The van der Waals surface area contributed by atoms with Crippen LogP contribution in [0.15, 0.2) is 23.1 Å². The fourth-order valence-electron chi connectivity index (χ4n) is 1.09. The zero-order valence-corrected chi connectivity index (χ0v) is 9.40. The average molecular weight is 251 g/mol. The fourth-order valence-corrected chi connectivity index (χ4v) is 1.94. The Bertz CT molecular complexity index is 368. The van der Waals surface area contributed by atoms with Crippen LogP contribution in [0.3, 0.4) is 0 Å². The molecule has 16 heavy (non-hydrogen) atoms. The van der Waals surface area contributed by atoms with Crippen LogP contribution in [0.25, 0.3) is 0 Å². The van der Waals surface area contributed by atoms with E-state index in [2.05, 4.69) is 0 Å². The van der Waals surface area contributed by atoms with E-state index in [1.54, 1.807) is 6.92 Å². The Balaban J connectivity index is 2.92. The van der Waals surface area contributed by atoms with Gasteiger partial charge in [-0.05, 0) is 18.2 Å². The van der Waals surface area contributed by atoms with Crippen LogP contribution in [-0.4, -0.2) is 17.0 Å². The number of anilines is 1. The molecule has 90 valence electrons. The Hall–Kier alpha value is -0.880. The van der Waals surface area contributed by atoms with Gasteiger partial charge in [0.2, 0.25) is 0 Å². The molecule has 1 atom stereocenters. The van der Waals surface area contributed by atoms with Gasteiger partial charge in [-0.25, -0.2) is 0 Å². The molecule has 0 bridgehead atoms. The summed E-state index contributed by atoms with van der Waals surface area (Å²) in [6.07, 6.45) is -4.38. The van der Waals surface area contributed by atoms with Crippen LogP contribution in [-0.2, 0) is 6.18 Å². The maximum atomic E-state index is 12.3. The van der Waals surface area contributed by atoms with Gasteiger partial charge in [0.15, 0.2) is 0 Å². The minimum absolute atomic E-state index is 0.0505. The molecule has 1 aromatic rings. The van der Waals surface area contributed by atoms with Crippen LogP contribution >= 0.6 is 11.8 Å². The third-order valence-corrected chi connectivity index (χ3v) is 3.10. The lowest BCUT2D eigenvalue weighted by Crippen LogP contribution is -2.07. The van der Waals surface area contributed by atoms with E-state index in [-0.39, 0.29) is 17.5 Å². The first-order chi connectivity index (χ1) is 7.34. The van der Waals surface area contributed by atoms with Crippen molar-refractivity contribution in [2.45, 2.75) is 23.2 Å². The van der Waals surface area contributed by atoms with Gasteiger partial charge < -0.3 is 10.8 Å². The number of nitrogens with two attached hydrogens (primary N) is 1. The van der Waals surface area contributed by atoms with E-state index in [4.69, 9.17) is 10.8 Å². The second kappa shape index (κ2) is 4.97. The van der Waals surface area contributed by atoms with Crippen LogP contribution in [0.4, 0.5) is 18.9 Å². The normalized spacial score (nSPS) is 13.8. The topological polar surface area (TPSA) is 46.2 Å². The van der Waals surface area contributed by atoms with Gasteiger partial charge in [-0.1, -0.05) is 6.92 Å². The predicted molar refractivity (Wildman–Crippen MR) is 58.3 cm³/mol. The number of aliphatic hydroxyl groups excluding tert-OH is 1. The Kier molecular flexibility index (Phi) is 4.09. The van der Waals surface area contributed by atoms with Crippen molar-refractivity contribution in [2.24, 2.45) is 0 Å². The predicted octanol–water partition coefficient (Wildman–Crippen LogP) is 2.76. The average Bonchev–Trinajstić information content (AvgIpc) is 2.19. The summed E-state index contributed by atoms with van der Waals surface area (Å²) < 4.78 is 37.0. The SMILES string of the molecule is CC(CO)Sc1ccc(C(F)(F)F)cc1N. The first kappa shape index (κ1) is 13.2. The third-order valence-electron chi connectivity index (χ3n) is 1.92. The number of thioether (sulfide) groups is 1. The molecule has 0 saturated heterocycles. The molecule has 1 aromatic carbocycles. The molecular weight excluding hydrogens is 239 g/mol. The number of halogens is 3. The van der Waals surface area contributed by atoms with Gasteiger partial charge in [-0.2, -0.15) is 13.2 Å². The molecular formula is C10H12F3NOS. The molecule has 0 aromatic heterocycles. The summed E-state index contributed by atoms with van der Waals surface area (Å²) in [6, 6.07) is 3.23. The van der Waals surface area contributed by atoms with Crippen molar-refractivity contribution < 1.29 is 18.3 Å². The molecule has 0 aliphatic rings. The van der Waals surface area contributed by atoms with Gasteiger partial charge in [0.1, 0.15) is 0 Å². The quantitative estimate of drug-likeness (QED) is 0.641. The van der Waals surface area contributed by atoms with Crippen LogP contribution in [0, 0.1) is 0 Å². The summed E-state index contributed by atoms with van der Waals surface area (Å²) in [5.41, 5.74) is 4.84. The number of rotatable bonds is 3. The monoisotopic (exact) mass is 251 g/mol. The van der Waals surface area contributed by atoms with Crippen molar-refractivity contribution in [3.05, 3.63) is 23.8 Å². The lowest BCUT2D eigenvalue weighted by atomic mass is 10.2. The Morgan fingerprint density at radius 3 is 2.50 bits per heavy atom. The second-order valence-corrected chi connectivity index (χ2v) is 4.84. The maximum absolute atomic E-state index is 12.3. The Morgan fingerprint density at radius 2 is 2.06 bits per heavy atom. The lowest BCUT2D eigenvalue weighted by molar-refractivity contribution is -0.137. The van der Waals surface area contributed by atoms with Gasteiger partial charge in [0, 0.05) is 15.8 Å². The molecule has 0 saturated carbocycles. The molecule has 0 amide bonds. The molecule has 0 aliphatic carbocycles. The smallest absolute Gasteiger partial charge is 0.398 e. The highest BCUT2D eigenvalue weighted by atomic mass is 32.2. The van der Waals surface area contributed by atoms with Crippen molar-refractivity contribution in [2.75, 3.05) is 12.3 Å². The molecule has 0 radical (unpaired) electrons. The van der Waals surface area contributed by atoms with E-state index in [0.717, 1.165) is 12.1 Å². The molecule has 3 N–H and O–H groups in total. The Labute approximate surface area is 95.6 Å². The first-order valence-electron chi connectivity index (χ1n) is 4.59. The number of benzene rings is 1. The van der Waals surface area contributed by atoms with Gasteiger partial charge in [-0.15, -0.1) is 11.8 Å². The second-order valence-electron chi connectivity index (χ2n) is 3.36. The van der Waals surface area contributed by atoms with Crippen molar-refractivity contribution in [3.63, 3.8) is 0 Å². The van der Waals surface area contributed by atoms with Gasteiger partial charge in [0.25, 0.3) is 0 Å². The van der Waals surface area contributed by atoms with Gasteiger partial charge >= 0.3 is 6.18 Å². The van der Waals surface area contributed by atoms with E-state index < -0.39 is 11.7 Å². The molecule has 6 heteroatoms. The van der Waals surface area contributed by atoms with E-state index in [1.165, 1.54) is 17.8 Å². The zero-order chi connectivity index (χ0) is 12.3. The standard InChI is InChI=1S/C10H12F3NOS/c1-6(5-15)16-9-3-2-7(4-8(9)14)10(11,12)13/h2-4,6,15H,5,14H2,1H3. The van der Waals surface area contributed by atoms with Crippen LogP contribution in [0.5, 0.6) is 0 Å². The zero-order valence-electron chi connectivity index (χ0n) is 8.58. The lowest BCUT2D eigenvalue weighted by Gasteiger charge is -2.12. The Morgan fingerprint density at radius 1 is 1.44 bits per heavy atom. The maximum Gasteiger partial charge on any atom is 0.416 e. The summed E-state index contributed by atoms with van der Waals surface area (Å²) in [5, 5.41) is 8.73. The molecule has 1 unspecified atom stereocenters. The molecule has 2 nitrogen and oxygen atoms in total. The summed E-state index contributed by atoms with van der Waals surface area (Å²) in [5.74, 6) is 0. The number of hydrogen-bond donors (Lipinski definition) is 2. The van der Waals surface area contributed by atoms with E-state index in [1.807, 2.05) is 0 Å². The molecule has 0 fully saturated rings. The van der Waals surface area contributed by atoms with E-state index >= 15 is 0 Å².